The zero-order chi connectivity index (χ0) is 19.9. The molecule has 0 aliphatic rings. The van der Waals surface area contributed by atoms with Crippen LogP contribution in [0.4, 0.5) is 0 Å². The van der Waals surface area contributed by atoms with Crippen molar-refractivity contribution in [3.8, 4) is 0 Å². The van der Waals surface area contributed by atoms with E-state index in [9.17, 15) is 13.2 Å². The molecule has 0 aliphatic carbocycles. The van der Waals surface area contributed by atoms with E-state index in [4.69, 9.17) is 5.11 Å². The lowest BCUT2D eigenvalue weighted by Gasteiger charge is -2.03. The number of aromatic nitrogens is 1. The van der Waals surface area contributed by atoms with Gasteiger partial charge in [-0.25, -0.2) is 4.79 Å². The molecule has 0 radical (unpaired) electrons. The van der Waals surface area contributed by atoms with Gasteiger partial charge >= 0.3 is 16.5 Å². The van der Waals surface area contributed by atoms with Crippen molar-refractivity contribution >= 4 is 38.1 Å². The van der Waals surface area contributed by atoms with E-state index in [0.717, 1.165) is 16.5 Å². The van der Waals surface area contributed by atoms with Gasteiger partial charge in [0.1, 0.15) is 0 Å². The summed E-state index contributed by atoms with van der Waals surface area (Å²) >= 11 is 0. The average molecular weight is 394 g/mol. The highest BCUT2D eigenvalue weighted by Crippen LogP contribution is 2.19. The van der Waals surface area contributed by atoms with Crippen molar-refractivity contribution in [1.29, 1.82) is 0 Å². The number of nitrogens with one attached hydrogen (secondary N) is 1. The van der Waals surface area contributed by atoms with Crippen LogP contribution in [0.2, 0.25) is 0 Å². The molecule has 4 rings (SSSR count). The molecule has 142 valence electrons. The van der Waals surface area contributed by atoms with Crippen molar-refractivity contribution in [2.24, 2.45) is 4.36 Å². The number of aliphatic carboxylic acids is 1. The van der Waals surface area contributed by atoms with Gasteiger partial charge in [-0.15, -0.1) is 0 Å². The molecule has 3 aromatic carbocycles. The predicted octanol–water partition coefficient (Wildman–Crippen LogP) is 4.07. The fourth-order valence-electron chi connectivity index (χ4n) is 2.92. The van der Waals surface area contributed by atoms with Gasteiger partial charge in [-0.05, 0) is 22.4 Å². The standard InChI is InChI=1S/C11H10N2O4S.C10H8/c14-11(15)10(13-18(16)17)5-7-6-12-9-4-2-1-3-8(7)9;1-2-6-10-8-4-3-7-9(10)5-1/h1-4,6,10,12H,5H2,(H,14,15);1-8H. The Morgan fingerprint density at radius 2 is 1.46 bits per heavy atom. The van der Waals surface area contributed by atoms with E-state index < -0.39 is 22.5 Å². The molecular formula is C21H18N2O4S. The number of nitrogens with zero attached hydrogens (tertiary/aromatic N) is 1. The van der Waals surface area contributed by atoms with Crippen LogP contribution in [-0.4, -0.2) is 30.5 Å². The van der Waals surface area contributed by atoms with Gasteiger partial charge in [0, 0.05) is 23.5 Å². The molecule has 2 N–H and O–H groups in total. The Morgan fingerprint density at radius 3 is 2.00 bits per heavy atom. The summed E-state index contributed by atoms with van der Waals surface area (Å²) in [7, 11) is -2.73. The first-order valence-corrected chi connectivity index (χ1v) is 9.59. The SMILES string of the molecule is O=C(O)C(Cc1c[nH]c2ccccc12)N=S(=O)=O.c1ccc2ccccc2c1. The van der Waals surface area contributed by atoms with Crippen LogP contribution in [0.1, 0.15) is 5.56 Å². The molecule has 0 aliphatic heterocycles. The summed E-state index contributed by atoms with van der Waals surface area (Å²) in [6, 6.07) is 22.8. The lowest BCUT2D eigenvalue weighted by molar-refractivity contribution is -0.138. The first kappa shape index (κ1) is 19.3. The topological polar surface area (TPSA) is 99.6 Å². The number of hydrogen-bond donors (Lipinski definition) is 2. The Morgan fingerprint density at radius 1 is 0.929 bits per heavy atom. The van der Waals surface area contributed by atoms with E-state index in [1.54, 1.807) is 6.20 Å². The quantitative estimate of drug-likeness (QED) is 0.545. The van der Waals surface area contributed by atoms with Crippen molar-refractivity contribution in [1.82, 2.24) is 4.98 Å². The van der Waals surface area contributed by atoms with Gasteiger partial charge in [0.05, 0.1) is 0 Å². The lowest BCUT2D eigenvalue weighted by atomic mass is 10.1. The number of carboxylic acid groups (broad SMARTS) is 1. The Labute approximate surface area is 163 Å². The van der Waals surface area contributed by atoms with Crippen molar-refractivity contribution < 1.29 is 18.3 Å². The summed E-state index contributed by atoms with van der Waals surface area (Å²) in [6.45, 7) is 0. The zero-order valence-electron chi connectivity index (χ0n) is 14.8. The number of carbonyl (C=O) groups is 1. The second-order valence-electron chi connectivity index (χ2n) is 6.09. The smallest absolute Gasteiger partial charge is 0.330 e. The van der Waals surface area contributed by atoms with Gasteiger partial charge in [0.2, 0.25) is 0 Å². The minimum Gasteiger partial charge on any atom is -0.480 e. The molecule has 1 heterocycles. The van der Waals surface area contributed by atoms with Gasteiger partial charge in [0.15, 0.2) is 6.04 Å². The normalized spacial score (nSPS) is 11.4. The van der Waals surface area contributed by atoms with Crippen molar-refractivity contribution in [2.75, 3.05) is 0 Å². The van der Waals surface area contributed by atoms with Crippen LogP contribution in [0.5, 0.6) is 0 Å². The summed E-state index contributed by atoms with van der Waals surface area (Å²) < 4.78 is 24.1. The van der Waals surface area contributed by atoms with Gasteiger partial charge in [0.25, 0.3) is 0 Å². The van der Waals surface area contributed by atoms with E-state index in [1.165, 1.54) is 10.8 Å². The van der Waals surface area contributed by atoms with Crippen LogP contribution in [-0.2, 0) is 21.7 Å². The molecule has 0 saturated carbocycles. The van der Waals surface area contributed by atoms with E-state index >= 15 is 0 Å². The molecule has 0 fully saturated rings. The summed E-state index contributed by atoms with van der Waals surface area (Å²) in [5, 5.41) is 12.4. The molecule has 1 unspecified atom stereocenters. The molecule has 0 spiro atoms. The Balaban J connectivity index is 0.000000188. The van der Waals surface area contributed by atoms with Gasteiger partial charge in [-0.3, -0.25) is 0 Å². The second-order valence-corrected chi connectivity index (χ2v) is 6.73. The van der Waals surface area contributed by atoms with Crippen molar-refractivity contribution in [3.63, 3.8) is 0 Å². The number of rotatable bonds is 4. The van der Waals surface area contributed by atoms with Crippen molar-refractivity contribution in [2.45, 2.75) is 12.5 Å². The number of H-pyrrole nitrogens is 1. The fourth-order valence-corrected chi connectivity index (χ4v) is 3.29. The maximum atomic E-state index is 10.9. The first-order chi connectivity index (χ1) is 13.5. The largest absolute Gasteiger partial charge is 0.480 e. The monoisotopic (exact) mass is 394 g/mol. The summed E-state index contributed by atoms with van der Waals surface area (Å²) in [4.78, 5) is 13.9. The number of carboxylic acids is 1. The third kappa shape index (κ3) is 4.83. The number of benzene rings is 3. The highest BCUT2D eigenvalue weighted by atomic mass is 32.2. The van der Waals surface area contributed by atoms with E-state index in [0.29, 0.717) is 0 Å². The van der Waals surface area contributed by atoms with E-state index in [1.807, 2.05) is 24.3 Å². The Kier molecular flexibility index (Phi) is 6.18. The fraction of sp³-hybridized carbons (Fsp3) is 0.0952. The minimum atomic E-state index is -2.73. The zero-order valence-corrected chi connectivity index (χ0v) is 15.6. The van der Waals surface area contributed by atoms with Gasteiger partial charge in [-0.1, -0.05) is 66.7 Å². The molecule has 1 aromatic heterocycles. The van der Waals surface area contributed by atoms with Gasteiger partial charge in [-0.2, -0.15) is 12.8 Å². The second kappa shape index (κ2) is 8.96. The summed E-state index contributed by atoms with van der Waals surface area (Å²) in [5.74, 6) is -1.26. The van der Waals surface area contributed by atoms with Crippen LogP contribution in [0.25, 0.3) is 21.7 Å². The van der Waals surface area contributed by atoms with Crippen LogP contribution in [0, 0.1) is 0 Å². The van der Waals surface area contributed by atoms with Crippen LogP contribution in [0.15, 0.2) is 83.4 Å². The summed E-state index contributed by atoms with van der Waals surface area (Å²) in [5.41, 5.74) is 1.60. The number of fused-ring (bicyclic) bond motifs is 2. The molecule has 6 nitrogen and oxygen atoms in total. The van der Waals surface area contributed by atoms with Gasteiger partial charge < -0.3 is 10.1 Å². The molecule has 7 heteroatoms. The number of para-hydroxylation sites is 1. The third-order valence-electron chi connectivity index (χ3n) is 4.25. The van der Waals surface area contributed by atoms with Crippen molar-refractivity contribution in [3.05, 3.63) is 84.6 Å². The number of aromatic amines is 1. The molecule has 0 saturated heterocycles. The number of hydrogen-bond acceptors (Lipinski definition) is 4. The maximum Gasteiger partial charge on any atom is 0.330 e. The molecular weight excluding hydrogens is 376 g/mol. The summed E-state index contributed by atoms with van der Waals surface area (Å²) in [6.07, 6.45) is 1.71. The van der Waals surface area contributed by atoms with Crippen LogP contribution >= 0.6 is 0 Å². The van der Waals surface area contributed by atoms with E-state index in [2.05, 4.69) is 57.9 Å². The molecule has 4 aromatic rings. The highest BCUT2D eigenvalue weighted by Gasteiger charge is 2.19. The average Bonchev–Trinajstić information content (AvgIpc) is 3.11. The maximum absolute atomic E-state index is 10.9. The molecule has 0 bridgehead atoms. The molecule has 28 heavy (non-hydrogen) atoms. The van der Waals surface area contributed by atoms with E-state index in [-0.39, 0.29) is 6.42 Å². The molecule has 1 atom stereocenters. The van der Waals surface area contributed by atoms with Crippen LogP contribution in [0.3, 0.4) is 0 Å². The Bertz CT molecular complexity index is 1170. The highest BCUT2D eigenvalue weighted by molar-refractivity contribution is 7.61. The van der Waals surface area contributed by atoms with Crippen LogP contribution < -0.4 is 0 Å². The first-order valence-electron chi connectivity index (χ1n) is 8.56. The Hall–Kier alpha value is -3.45. The minimum absolute atomic E-state index is 0.0350. The predicted molar refractivity (Wildman–Crippen MR) is 109 cm³/mol. The lowest BCUT2D eigenvalue weighted by Crippen LogP contribution is -2.20. The third-order valence-corrected chi connectivity index (χ3v) is 4.67. The molecule has 0 amide bonds.